The summed E-state index contributed by atoms with van der Waals surface area (Å²) in [6, 6.07) is 5.23. The van der Waals surface area contributed by atoms with Gasteiger partial charge in [-0.25, -0.2) is 4.79 Å². The molecule has 1 aromatic carbocycles. The van der Waals surface area contributed by atoms with Crippen LogP contribution >= 0.6 is 15.9 Å². The highest BCUT2D eigenvalue weighted by Crippen LogP contribution is 2.19. The fourth-order valence-electron chi connectivity index (χ4n) is 1.33. The van der Waals surface area contributed by atoms with Crippen LogP contribution in [0.5, 0.6) is 0 Å². The lowest BCUT2D eigenvalue weighted by molar-refractivity contribution is 0.267. The molecule has 5 nitrogen and oxygen atoms in total. The first-order chi connectivity index (χ1) is 7.08. The molecule has 1 amide bonds. The zero-order valence-electron chi connectivity index (χ0n) is 7.87. The second-order valence-electron chi connectivity index (χ2n) is 3.12. The number of amides is 1. The molecule has 0 unspecified atom stereocenters. The molecule has 0 radical (unpaired) electrons. The summed E-state index contributed by atoms with van der Waals surface area (Å²) in [5.74, 6) is 0. The van der Waals surface area contributed by atoms with Crippen LogP contribution in [0.2, 0.25) is 0 Å². The largest absolute Gasteiger partial charge is 0.323 e. The average molecular weight is 270 g/mol. The summed E-state index contributed by atoms with van der Waals surface area (Å²) < 4.78 is 0. The lowest BCUT2D eigenvalue weighted by Gasteiger charge is -2.13. The zero-order chi connectivity index (χ0) is 11.0. The molecule has 0 atom stereocenters. The van der Waals surface area contributed by atoms with Gasteiger partial charge < -0.3 is 14.9 Å². The van der Waals surface area contributed by atoms with Crippen molar-refractivity contribution in [2.45, 2.75) is 0 Å². The van der Waals surface area contributed by atoms with Gasteiger partial charge in [0.15, 0.2) is 0 Å². The molecule has 15 heavy (non-hydrogen) atoms. The number of rotatable bonds is 1. The third kappa shape index (κ3) is 1.80. The van der Waals surface area contributed by atoms with Gasteiger partial charge in [0.2, 0.25) is 0 Å². The Morgan fingerprint density at radius 1 is 1.33 bits per heavy atom. The standard InChI is InChI=1S/C9H8BrN3O2/c1-13(8(10)14)5-2-3-6-7(4-5)12-9(15)11-6/h2-4H,1H3,(H2,11,12,15). The smallest absolute Gasteiger partial charge is 0.306 e. The van der Waals surface area contributed by atoms with E-state index in [1.807, 2.05) is 0 Å². The number of anilines is 1. The van der Waals surface area contributed by atoms with E-state index in [2.05, 4.69) is 25.9 Å². The molecule has 0 bridgehead atoms. The number of carbonyl (C=O) groups is 1. The first kappa shape index (κ1) is 9.97. The summed E-state index contributed by atoms with van der Waals surface area (Å²) in [5.41, 5.74) is 1.85. The van der Waals surface area contributed by atoms with Crippen LogP contribution in [0.1, 0.15) is 0 Å². The number of aromatic nitrogens is 2. The molecule has 6 heteroatoms. The predicted molar refractivity (Wildman–Crippen MR) is 61.6 cm³/mol. The molecule has 2 aromatic rings. The van der Waals surface area contributed by atoms with E-state index in [0.717, 1.165) is 5.52 Å². The minimum Gasteiger partial charge on any atom is -0.306 e. The highest BCUT2D eigenvalue weighted by molar-refractivity contribution is 9.18. The summed E-state index contributed by atoms with van der Waals surface area (Å²) in [4.78, 5) is 28.5. The van der Waals surface area contributed by atoms with Crippen LogP contribution in [0.4, 0.5) is 10.5 Å². The maximum atomic E-state index is 11.0. The summed E-state index contributed by atoms with van der Waals surface area (Å²) in [7, 11) is 1.64. The molecule has 0 saturated heterocycles. The summed E-state index contributed by atoms with van der Waals surface area (Å²) in [6.07, 6.45) is 0. The van der Waals surface area contributed by atoms with Gasteiger partial charge in [0.05, 0.1) is 11.0 Å². The second kappa shape index (κ2) is 3.54. The molecule has 1 heterocycles. The highest BCUT2D eigenvalue weighted by atomic mass is 79.9. The Labute approximate surface area is 93.2 Å². The first-order valence-electron chi connectivity index (χ1n) is 4.23. The van der Waals surface area contributed by atoms with Gasteiger partial charge in [-0.3, -0.25) is 4.79 Å². The summed E-state index contributed by atoms with van der Waals surface area (Å²) in [5, 5.41) is 0. The van der Waals surface area contributed by atoms with Gasteiger partial charge in [-0.05, 0) is 18.2 Å². The maximum absolute atomic E-state index is 11.0. The van der Waals surface area contributed by atoms with Gasteiger partial charge >= 0.3 is 5.69 Å². The zero-order valence-corrected chi connectivity index (χ0v) is 9.46. The van der Waals surface area contributed by atoms with E-state index in [1.54, 1.807) is 25.2 Å². The number of halogens is 1. The van der Waals surface area contributed by atoms with Crippen molar-refractivity contribution in [1.82, 2.24) is 9.97 Å². The molecule has 1 aromatic heterocycles. The quantitative estimate of drug-likeness (QED) is 0.613. The molecule has 0 spiro atoms. The molecule has 0 aliphatic heterocycles. The third-order valence-corrected chi connectivity index (χ3v) is 2.68. The fourth-order valence-corrected chi connectivity index (χ4v) is 1.54. The number of hydrogen-bond donors (Lipinski definition) is 2. The molecule has 2 N–H and O–H groups in total. The van der Waals surface area contributed by atoms with E-state index in [9.17, 15) is 9.59 Å². The molecule has 2 rings (SSSR count). The van der Waals surface area contributed by atoms with Crippen LogP contribution in [-0.4, -0.2) is 21.8 Å². The Balaban J connectivity index is 2.55. The van der Waals surface area contributed by atoms with Gasteiger partial charge in [0.1, 0.15) is 0 Å². The van der Waals surface area contributed by atoms with Crippen molar-refractivity contribution < 1.29 is 4.79 Å². The lowest BCUT2D eigenvalue weighted by Crippen LogP contribution is -2.18. The number of H-pyrrole nitrogens is 2. The summed E-state index contributed by atoms with van der Waals surface area (Å²) in [6.45, 7) is 0. The number of benzene rings is 1. The number of carbonyl (C=O) groups excluding carboxylic acids is 1. The van der Waals surface area contributed by atoms with Gasteiger partial charge in [-0.2, -0.15) is 0 Å². The molecule has 0 aliphatic carbocycles. The molecule has 78 valence electrons. The minimum atomic E-state index is -0.255. The minimum absolute atomic E-state index is 0.236. The summed E-state index contributed by atoms with van der Waals surface area (Å²) >= 11 is 2.85. The van der Waals surface area contributed by atoms with E-state index in [-0.39, 0.29) is 10.5 Å². The van der Waals surface area contributed by atoms with Crippen LogP contribution in [-0.2, 0) is 0 Å². The molecule has 0 aliphatic rings. The van der Waals surface area contributed by atoms with E-state index in [4.69, 9.17) is 0 Å². The number of aromatic amines is 2. The Morgan fingerprint density at radius 3 is 2.67 bits per heavy atom. The first-order valence-corrected chi connectivity index (χ1v) is 5.02. The monoisotopic (exact) mass is 269 g/mol. The maximum Gasteiger partial charge on any atom is 0.323 e. The topological polar surface area (TPSA) is 69.0 Å². The lowest BCUT2D eigenvalue weighted by atomic mass is 10.2. The molecule has 0 fully saturated rings. The average Bonchev–Trinajstić information content (AvgIpc) is 2.55. The Hall–Kier alpha value is -1.56. The van der Waals surface area contributed by atoms with Crippen LogP contribution in [0, 0.1) is 0 Å². The van der Waals surface area contributed by atoms with Crippen molar-refractivity contribution in [1.29, 1.82) is 0 Å². The van der Waals surface area contributed by atoms with Crippen LogP contribution in [0.25, 0.3) is 11.0 Å². The van der Waals surface area contributed by atoms with Gasteiger partial charge in [-0.15, -0.1) is 0 Å². The molecular formula is C9H8BrN3O2. The highest BCUT2D eigenvalue weighted by Gasteiger charge is 2.08. The number of nitrogens with zero attached hydrogens (tertiary/aromatic N) is 1. The van der Waals surface area contributed by atoms with Gasteiger partial charge in [-0.1, -0.05) is 0 Å². The van der Waals surface area contributed by atoms with Gasteiger partial charge in [0.25, 0.3) is 4.82 Å². The van der Waals surface area contributed by atoms with E-state index >= 15 is 0 Å². The SMILES string of the molecule is CN(C(=O)Br)c1ccc2[nH]c(=O)[nH]c2c1. The van der Waals surface area contributed by atoms with E-state index in [1.165, 1.54) is 4.90 Å². The fraction of sp³-hybridized carbons (Fsp3) is 0.111. The van der Waals surface area contributed by atoms with Crippen LogP contribution < -0.4 is 10.6 Å². The van der Waals surface area contributed by atoms with Crippen molar-refractivity contribution in [2.24, 2.45) is 0 Å². The van der Waals surface area contributed by atoms with E-state index < -0.39 is 0 Å². The predicted octanol–water partition coefficient (Wildman–Crippen LogP) is 1.81. The normalized spacial score (nSPS) is 10.5. The third-order valence-electron chi connectivity index (χ3n) is 2.15. The van der Waals surface area contributed by atoms with Crippen molar-refractivity contribution in [3.05, 3.63) is 28.7 Å². The Bertz CT molecular complexity index is 572. The van der Waals surface area contributed by atoms with Crippen molar-refractivity contribution >= 4 is 37.5 Å². The Morgan fingerprint density at radius 2 is 2.00 bits per heavy atom. The number of fused-ring (bicyclic) bond motifs is 1. The van der Waals surface area contributed by atoms with Crippen molar-refractivity contribution in [3.8, 4) is 0 Å². The van der Waals surface area contributed by atoms with Crippen molar-refractivity contribution in [3.63, 3.8) is 0 Å². The molecular weight excluding hydrogens is 262 g/mol. The van der Waals surface area contributed by atoms with Crippen LogP contribution in [0.15, 0.2) is 23.0 Å². The molecule has 0 saturated carbocycles. The number of nitrogens with one attached hydrogen (secondary N) is 2. The van der Waals surface area contributed by atoms with Gasteiger partial charge in [0, 0.05) is 28.7 Å². The van der Waals surface area contributed by atoms with Crippen molar-refractivity contribution in [2.75, 3.05) is 11.9 Å². The second-order valence-corrected chi connectivity index (χ2v) is 3.80. The Kier molecular flexibility index (Phi) is 2.36. The van der Waals surface area contributed by atoms with E-state index in [0.29, 0.717) is 11.2 Å². The number of imidazole rings is 1. The van der Waals surface area contributed by atoms with Crippen LogP contribution in [0.3, 0.4) is 0 Å². The number of hydrogen-bond acceptors (Lipinski definition) is 2.